The normalized spacial score (nSPS) is 10.7. The van der Waals surface area contributed by atoms with Crippen molar-refractivity contribution < 1.29 is 0 Å². The van der Waals surface area contributed by atoms with E-state index >= 15 is 0 Å². The largest absolute Gasteiger partial charge is 0.330 e. The molecule has 2 rings (SSSR count). The van der Waals surface area contributed by atoms with Gasteiger partial charge in [-0.05, 0) is 54.9 Å². The Balaban J connectivity index is 2.29. The van der Waals surface area contributed by atoms with E-state index in [-0.39, 0.29) is 0 Å². The lowest BCUT2D eigenvalue weighted by Gasteiger charge is -2.09. The van der Waals surface area contributed by atoms with Crippen LogP contribution in [0.15, 0.2) is 50.7 Å². The van der Waals surface area contributed by atoms with E-state index in [1.807, 2.05) is 24.3 Å². The predicted octanol–water partition coefficient (Wildman–Crippen LogP) is 5.41. The fraction of sp³-hybridized carbons (Fsp3) is 0.143. The number of nitrogens with two attached hydrogens (primary N) is 1. The second kappa shape index (κ2) is 7.00. The van der Waals surface area contributed by atoms with E-state index in [1.54, 1.807) is 11.8 Å². The summed E-state index contributed by atoms with van der Waals surface area (Å²) in [6.45, 7) is 0.630. The summed E-state index contributed by atoms with van der Waals surface area (Å²) < 4.78 is 1.06. The molecule has 0 aliphatic heterocycles. The van der Waals surface area contributed by atoms with Crippen molar-refractivity contribution in [1.29, 1.82) is 0 Å². The molecule has 19 heavy (non-hydrogen) atoms. The number of benzene rings is 2. The van der Waals surface area contributed by atoms with Crippen molar-refractivity contribution in [2.45, 2.75) is 16.2 Å². The molecule has 100 valence electrons. The summed E-state index contributed by atoms with van der Waals surface area (Å²) in [6.07, 6.45) is 0.850. The monoisotopic (exact) mass is 375 g/mol. The number of halogens is 3. The van der Waals surface area contributed by atoms with Gasteiger partial charge in [0, 0.05) is 14.3 Å². The minimum absolute atomic E-state index is 0.573. The van der Waals surface area contributed by atoms with Gasteiger partial charge in [0.25, 0.3) is 0 Å². The highest BCUT2D eigenvalue weighted by atomic mass is 79.9. The molecule has 0 aliphatic rings. The standard InChI is InChI=1S/C14H12BrCl2NS/c15-10-1-4-14(9(7-10)5-6-18)19-11-2-3-12(16)13(17)8-11/h1-4,7-8H,5-6,18H2. The van der Waals surface area contributed by atoms with Gasteiger partial charge in [-0.3, -0.25) is 0 Å². The first-order chi connectivity index (χ1) is 9.10. The lowest BCUT2D eigenvalue weighted by molar-refractivity contribution is 0.943. The summed E-state index contributed by atoms with van der Waals surface area (Å²) in [4.78, 5) is 2.25. The summed E-state index contributed by atoms with van der Waals surface area (Å²) in [5.41, 5.74) is 6.88. The average Bonchev–Trinajstić information content (AvgIpc) is 2.37. The third-order valence-corrected chi connectivity index (χ3v) is 4.90. The molecule has 0 aromatic heterocycles. The third kappa shape index (κ3) is 4.14. The van der Waals surface area contributed by atoms with Gasteiger partial charge in [-0.1, -0.05) is 50.9 Å². The van der Waals surface area contributed by atoms with Crippen LogP contribution in [0.2, 0.25) is 10.0 Å². The molecule has 2 aromatic carbocycles. The van der Waals surface area contributed by atoms with Crippen molar-refractivity contribution in [3.05, 3.63) is 56.5 Å². The van der Waals surface area contributed by atoms with Crippen molar-refractivity contribution in [2.75, 3.05) is 6.54 Å². The average molecular weight is 377 g/mol. The SMILES string of the molecule is NCCc1cc(Br)ccc1Sc1ccc(Cl)c(Cl)c1. The molecule has 0 radical (unpaired) electrons. The third-order valence-electron chi connectivity index (χ3n) is 2.56. The van der Waals surface area contributed by atoms with Gasteiger partial charge >= 0.3 is 0 Å². The van der Waals surface area contributed by atoms with Crippen LogP contribution < -0.4 is 5.73 Å². The van der Waals surface area contributed by atoms with Gasteiger partial charge in [-0.25, -0.2) is 0 Å². The fourth-order valence-electron chi connectivity index (χ4n) is 1.67. The summed E-state index contributed by atoms with van der Waals surface area (Å²) in [6, 6.07) is 11.9. The molecule has 1 nitrogen and oxygen atoms in total. The van der Waals surface area contributed by atoms with Crippen LogP contribution in [0.1, 0.15) is 5.56 Å². The number of rotatable bonds is 4. The van der Waals surface area contributed by atoms with E-state index in [4.69, 9.17) is 28.9 Å². The quantitative estimate of drug-likeness (QED) is 0.771. The molecular formula is C14H12BrCl2NS. The first-order valence-electron chi connectivity index (χ1n) is 5.71. The molecule has 0 fully saturated rings. The molecular weight excluding hydrogens is 365 g/mol. The van der Waals surface area contributed by atoms with E-state index in [2.05, 4.69) is 28.1 Å². The highest BCUT2D eigenvalue weighted by Gasteiger charge is 2.06. The minimum atomic E-state index is 0.573. The summed E-state index contributed by atoms with van der Waals surface area (Å²) >= 11 is 17.1. The van der Waals surface area contributed by atoms with Gasteiger partial charge in [0.05, 0.1) is 10.0 Å². The molecule has 0 spiro atoms. The van der Waals surface area contributed by atoms with Crippen molar-refractivity contribution >= 4 is 50.9 Å². The highest BCUT2D eigenvalue weighted by molar-refractivity contribution is 9.10. The van der Waals surface area contributed by atoms with Crippen molar-refractivity contribution in [1.82, 2.24) is 0 Å². The summed E-state index contributed by atoms with van der Waals surface area (Å²) in [5.74, 6) is 0. The minimum Gasteiger partial charge on any atom is -0.330 e. The Morgan fingerprint density at radius 3 is 2.53 bits per heavy atom. The predicted molar refractivity (Wildman–Crippen MR) is 87.5 cm³/mol. The Bertz CT molecular complexity index is 590. The van der Waals surface area contributed by atoms with Crippen LogP contribution in [0.25, 0.3) is 0 Å². The number of hydrogen-bond acceptors (Lipinski definition) is 2. The topological polar surface area (TPSA) is 26.0 Å². The fourth-order valence-corrected chi connectivity index (χ4v) is 3.43. The van der Waals surface area contributed by atoms with Crippen molar-refractivity contribution in [3.63, 3.8) is 0 Å². The van der Waals surface area contributed by atoms with Gasteiger partial charge < -0.3 is 5.73 Å². The van der Waals surface area contributed by atoms with Crippen molar-refractivity contribution in [2.24, 2.45) is 5.73 Å². The van der Waals surface area contributed by atoms with E-state index in [0.717, 1.165) is 15.8 Å². The zero-order valence-corrected chi connectivity index (χ0v) is 13.9. The molecule has 5 heteroatoms. The molecule has 0 saturated heterocycles. The molecule has 0 bridgehead atoms. The van der Waals surface area contributed by atoms with Gasteiger partial charge in [0.1, 0.15) is 0 Å². The molecule has 2 aromatic rings. The second-order valence-corrected chi connectivity index (χ2v) is 6.81. The Labute approximate surface area is 135 Å². The molecule has 0 heterocycles. The van der Waals surface area contributed by atoms with Crippen LogP contribution in [0.5, 0.6) is 0 Å². The molecule has 0 saturated carbocycles. The Kier molecular flexibility index (Phi) is 5.60. The first-order valence-corrected chi connectivity index (χ1v) is 8.08. The Morgan fingerprint density at radius 2 is 1.84 bits per heavy atom. The molecule has 0 amide bonds. The number of hydrogen-bond donors (Lipinski definition) is 1. The van der Waals surface area contributed by atoms with E-state index in [0.29, 0.717) is 16.6 Å². The van der Waals surface area contributed by atoms with Crippen LogP contribution in [0.4, 0.5) is 0 Å². The summed E-state index contributed by atoms with van der Waals surface area (Å²) in [5, 5.41) is 1.15. The van der Waals surface area contributed by atoms with Crippen LogP contribution in [0, 0.1) is 0 Å². The molecule has 2 N–H and O–H groups in total. The molecule has 0 unspecified atom stereocenters. The molecule has 0 aliphatic carbocycles. The van der Waals surface area contributed by atoms with E-state index in [1.165, 1.54) is 10.5 Å². The van der Waals surface area contributed by atoms with E-state index in [9.17, 15) is 0 Å². The van der Waals surface area contributed by atoms with Crippen LogP contribution in [-0.2, 0) is 6.42 Å². The first kappa shape index (κ1) is 15.2. The van der Waals surface area contributed by atoms with Crippen LogP contribution in [0.3, 0.4) is 0 Å². The lowest BCUT2D eigenvalue weighted by atomic mass is 10.1. The van der Waals surface area contributed by atoms with Gasteiger partial charge in [0.15, 0.2) is 0 Å². The van der Waals surface area contributed by atoms with Crippen molar-refractivity contribution in [3.8, 4) is 0 Å². The van der Waals surface area contributed by atoms with Gasteiger partial charge in [-0.15, -0.1) is 0 Å². The maximum Gasteiger partial charge on any atom is 0.0603 e. The summed E-state index contributed by atoms with van der Waals surface area (Å²) in [7, 11) is 0. The Hall–Kier alpha value is -0.190. The maximum atomic E-state index is 6.03. The zero-order valence-electron chi connectivity index (χ0n) is 10.00. The Morgan fingerprint density at radius 1 is 1.05 bits per heavy atom. The van der Waals surface area contributed by atoms with Crippen LogP contribution >= 0.6 is 50.9 Å². The maximum absolute atomic E-state index is 6.03. The smallest absolute Gasteiger partial charge is 0.0603 e. The van der Waals surface area contributed by atoms with Gasteiger partial charge in [-0.2, -0.15) is 0 Å². The van der Waals surface area contributed by atoms with E-state index < -0.39 is 0 Å². The lowest BCUT2D eigenvalue weighted by Crippen LogP contribution is -2.03. The van der Waals surface area contributed by atoms with Crippen LogP contribution in [-0.4, -0.2) is 6.54 Å². The van der Waals surface area contributed by atoms with Gasteiger partial charge in [0.2, 0.25) is 0 Å². The molecule has 0 atom stereocenters. The highest BCUT2D eigenvalue weighted by Crippen LogP contribution is 2.35. The second-order valence-electron chi connectivity index (χ2n) is 3.97. The zero-order chi connectivity index (χ0) is 13.8.